The Labute approximate surface area is 123 Å². The van der Waals surface area contributed by atoms with E-state index in [4.69, 9.17) is 11.6 Å². The van der Waals surface area contributed by atoms with E-state index in [2.05, 4.69) is 36.0 Å². The van der Waals surface area contributed by atoms with E-state index in [1.165, 1.54) is 5.57 Å². The van der Waals surface area contributed by atoms with Gasteiger partial charge in [-0.05, 0) is 24.6 Å². The number of hydrogen-bond donors (Lipinski definition) is 2. The van der Waals surface area contributed by atoms with E-state index >= 15 is 0 Å². The summed E-state index contributed by atoms with van der Waals surface area (Å²) in [5.74, 6) is 0.471. The SMILES string of the molecule is CC1C=C(c2cccc3cc(Cl)[nH]c23)[C@@H](CO)N(C)C1. The maximum Gasteiger partial charge on any atom is 0.107 e. The number of aliphatic hydroxyl groups is 1. The molecule has 1 aliphatic heterocycles. The number of nitrogens with zero attached hydrogens (tertiary/aromatic N) is 1. The summed E-state index contributed by atoms with van der Waals surface area (Å²) in [5, 5.41) is 11.5. The molecule has 0 radical (unpaired) electrons. The lowest BCUT2D eigenvalue weighted by Crippen LogP contribution is -2.41. The molecule has 20 heavy (non-hydrogen) atoms. The molecule has 3 rings (SSSR count). The van der Waals surface area contributed by atoms with Gasteiger partial charge in [-0.2, -0.15) is 0 Å². The van der Waals surface area contributed by atoms with Gasteiger partial charge in [0.05, 0.1) is 18.2 Å². The lowest BCUT2D eigenvalue weighted by atomic mass is 9.89. The summed E-state index contributed by atoms with van der Waals surface area (Å²) in [6, 6.07) is 8.15. The number of aromatic nitrogens is 1. The van der Waals surface area contributed by atoms with Gasteiger partial charge in [-0.15, -0.1) is 0 Å². The van der Waals surface area contributed by atoms with Crippen molar-refractivity contribution < 1.29 is 5.11 Å². The second-order valence-corrected chi connectivity index (χ2v) is 6.03. The molecule has 0 amide bonds. The monoisotopic (exact) mass is 290 g/mol. The lowest BCUT2D eigenvalue weighted by molar-refractivity contribution is 0.167. The lowest BCUT2D eigenvalue weighted by Gasteiger charge is -2.35. The van der Waals surface area contributed by atoms with Crippen LogP contribution in [0, 0.1) is 5.92 Å². The molecule has 0 saturated carbocycles. The number of fused-ring (bicyclic) bond motifs is 1. The minimum absolute atomic E-state index is 0.0406. The highest BCUT2D eigenvalue weighted by atomic mass is 35.5. The van der Waals surface area contributed by atoms with Gasteiger partial charge in [0.15, 0.2) is 0 Å². The Morgan fingerprint density at radius 1 is 1.45 bits per heavy atom. The molecule has 1 unspecified atom stereocenters. The standard InChI is InChI=1S/C16H19ClN2O/c1-10-6-13(14(9-20)19(2)8-10)12-5-3-4-11-7-15(17)18-16(11)12/h3-7,10,14,18,20H,8-9H2,1-2H3/t10?,14-/m1/s1. The van der Waals surface area contributed by atoms with Gasteiger partial charge in [-0.25, -0.2) is 0 Å². The van der Waals surface area contributed by atoms with E-state index in [1.807, 2.05) is 18.2 Å². The largest absolute Gasteiger partial charge is 0.394 e. The zero-order valence-electron chi connectivity index (χ0n) is 11.7. The molecule has 2 N–H and O–H groups in total. The molecule has 2 aromatic rings. The van der Waals surface area contributed by atoms with Crippen molar-refractivity contribution in [2.45, 2.75) is 13.0 Å². The molecular formula is C16H19ClN2O. The number of nitrogens with one attached hydrogen (secondary N) is 1. The quantitative estimate of drug-likeness (QED) is 0.892. The molecule has 0 spiro atoms. The Morgan fingerprint density at radius 2 is 2.25 bits per heavy atom. The third-order valence-electron chi connectivity index (χ3n) is 4.04. The van der Waals surface area contributed by atoms with Gasteiger partial charge >= 0.3 is 0 Å². The summed E-state index contributed by atoms with van der Waals surface area (Å²) < 4.78 is 0. The highest BCUT2D eigenvalue weighted by Crippen LogP contribution is 2.33. The van der Waals surface area contributed by atoms with E-state index < -0.39 is 0 Å². The Kier molecular flexibility index (Phi) is 3.59. The van der Waals surface area contributed by atoms with E-state index in [9.17, 15) is 5.11 Å². The number of halogens is 1. The van der Waals surface area contributed by atoms with Gasteiger partial charge in [0.25, 0.3) is 0 Å². The molecule has 2 heterocycles. The second kappa shape index (κ2) is 5.24. The van der Waals surface area contributed by atoms with Crippen LogP contribution in [0.2, 0.25) is 5.15 Å². The number of hydrogen-bond acceptors (Lipinski definition) is 2. The van der Waals surface area contributed by atoms with Crippen LogP contribution >= 0.6 is 11.6 Å². The molecule has 0 saturated heterocycles. The molecule has 0 fully saturated rings. The van der Waals surface area contributed by atoms with Gasteiger partial charge in [-0.1, -0.05) is 42.8 Å². The maximum atomic E-state index is 9.74. The molecule has 4 heteroatoms. The summed E-state index contributed by atoms with van der Waals surface area (Å²) in [4.78, 5) is 5.43. The number of benzene rings is 1. The fourth-order valence-corrected chi connectivity index (χ4v) is 3.37. The summed E-state index contributed by atoms with van der Waals surface area (Å²) in [7, 11) is 2.06. The second-order valence-electron chi connectivity index (χ2n) is 5.62. The van der Waals surface area contributed by atoms with Crippen LogP contribution in [0.3, 0.4) is 0 Å². The number of likely N-dealkylation sites (N-methyl/N-ethyl adjacent to an activating group) is 1. The number of H-pyrrole nitrogens is 1. The fraction of sp³-hybridized carbons (Fsp3) is 0.375. The first-order chi connectivity index (χ1) is 9.60. The first-order valence-electron chi connectivity index (χ1n) is 6.90. The zero-order chi connectivity index (χ0) is 14.3. The molecule has 1 aromatic heterocycles. The molecule has 2 atom stereocenters. The molecule has 1 aromatic carbocycles. The Bertz CT molecular complexity index is 662. The Balaban J connectivity index is 2.17. The van der Waals surface area contributed by atoms with Gasteiger partial charge in [0.2, 0.25) is 0 Å². The smallest absolute Gasteiger partial charge is 0.107 e. The van der Waals surface area contributed by atoms with Crippen molar-refractivity contribution in [1.82, 2.24) is 9.88 Å². The van der Waals surface area contributed by atoms with Crippen LogP contribution in [0.25, 0.3) is 16.5 Å². The molecule has 1 aliphatic rings. The van der Waals surface area contributed by atoms with Gasteiger partial charge in [0, 0.05) is 17.5 Å². The Hall–Kier alpha value is -1.29. The third kappa shape index (κ3) is 2.26. The van der Waals surface area contributed by atoms with Crippen LogP contribution in [-0.4, -0.2) is 41.2 Å². The van der Waals surface area contributed by atoms with Crippen molar-refractivity contribution in [2.24, 2.45) is 5.92 Å². The number of para-hydroxylation sites is 1. The summed E-state index contributed by atoms with van der Waals surface area (Å²) in [5.41, 5.74) is 3.36. The van der Waals surface area contributed by atoms with Gasteiger partial charge < -0.3 is 10.1 Å². The molecular weight excluding hydrogens is 272 g/mol. The third-order valence-corrected chi connectivity index (χ3v) is 4.24. The summed E-state index contributed by atoms with van der Waals surface area (Å²) in [6.07, 6.45) is 2.27. The van der Waals surface area contributed by atoms with Crippen molar-refractivity contribution in [3.05, 3.63) is 41.1 Å². The van der Waals surface area contributed by atoms with Crippen molar-refractivity contribution in [3.63, 3.8) is 0 Å². The van der Waals surface area contributed by atoms with Crippen molar-refractivity contribution in [1.29, 1.82) is 0 Å². The fourth-order valence-electron chi connectivity index (χ4n) is 3.16. The van der Waals surface area contributed by atoms with Gasteiger partial charge in [0.1, 0.15) is 5.15 Å². The minimum atomic E-state index is 0.0406. The predicted molar refractivity (Wildman–Crippen MR) is 84.0 cm³/mol. The van der Waals surface area contributed by atoms with E-state index in [1.54, 1.807) is 0 Å². The van der Waals surface area contributed by atoms with E-state index in [0.29, 0.717) is 11.1 Å². The zero-order valence-corrected chi connectivity index (χ0v) is 12.5. The Morgan fingerprint density at radius 3 is 3.00 bits per heavy atom. The van der Waals surface area contributed by atoms with E-state index in [-0.39, 0.29) is 12.6 Å². The summed E-state index contributed by atoms with van der Waals surface area (Å²) in [6.45, 7) is 3.29. The molecule has 3 nitrogen and oxygen atoms in total. The number of rotatable bonds is 2. The molecule has 0 bridgehead atoms. The molecule has 106 valence electrons. The van der Waals surface area contributed by atoms with Crippen LogP contribution < -0.4 is 0 Å². The van der Waals surface area contributed by atoms with Gasteiger partial charge in [-0.3, -0.25) is 4.90 Å². The van der Waals surface area contributed by atoms with Crippen LogP contribution in [0.15, 0.2) is 30.3 Å². The van der Waals surface area contributed by atoms with Crippen LogP contribution in [0.5, 0.6) is 0 Å². The van der Waals surface area contributed by atoms with Crippen LogP contribution in [0.4, 0.5) is 0 Å². The average molecular weight is 291 g/mol. The van der Waals surface area contributed by atoms with Crippen LogP contribution in [0.1, 0.15) is 12.5 Å². The maximum absolute atomic E-state index is 9.74. The first-order valence-corrected chi connectivity index (χ1v) is 7.28. The number of aliphatic hydroxyl groups excluding tert-OH is 1. The van der Waals surface area contributed by atoms with Crippen molar-refractivity contribution >= 4 is 28.1 Å². The predicted octanol–water partition coefficient (Wildman–Crippen LogP) is 3.15. The normalized spacial score (nSPS) is 24.1. The highest BCUT2D eigenvalue weighted by molar-refractivity contribution is 6.30. The number of aromatic amines is 1. The van der Waals surface area contributed by atoms with Crippen molar-refractivity contribution in [3.8, 4) is 0 Å². The highest BCUT2D eigenvalue weighted by Gasteiger charge is 2.27. The van der Waals surface area contributed by atoms with Crippen molar-refractivity contribution in [2.75, 3.05) is 20.2 Å². The topological polar surface area (TPSA) is 39.3 Å². The minimum Gasteiger partial charge on any atom is -0.394 e. The summed E-state index contributed by atoms with van der Waals surface area (Å²) >= 11 is 6.09. The van der Waals surface area contributed by atoms with Crippen LogP contribution in [-0.2, 0) is 0 Å². The van der Waals surface area contributed by atoms with E-state index in [0.717, 1.165) is 23.0 Å². The molecule has 0 aliphatic carbocycles. The average Bonchev–Trinajstić information content (AvgIpc) is 2.77. The first kappa shape index (κ1) is 13.7.